The van der Waals surface area contributed by atoms with Gasteiger partial charge >= 0.3 is 0 Å². The number of rotatable bonds is 3. The van der Waals surface area contributed by atoms with Crippen molar-refractivity contribution in [1.29, 1.82) is 0 Å². The number of anilines is 2. The van der Waals surface area contributed by atoms with E-state index in [9.17, 15) is 4.79 Å². The van der Waals surface area contributed by atoms with Crippen LogP contribution in [0.25, 0.3) is 10.6 Å². The summed E-state index contributed by atoms with van der Waals surface area (Å²) in [7, 11) is 0. The average molecular weight is 518 g/mol. The zero-order chi connectivity index (χ0) is 20.0. The van der Waals surface area contributed by atoms with Gasteiger partial charge in [0.2, 0.25) is 0 Å². The molecule has 0 bridgehead atoms. The Morgan fingerprint density at radius 1 is 1.17 bits per heavy atom. The number of thiazole rings is 1. The number of carbonyl (C=O) groups is 1. The Hall–Kier alpha value is -2.14. The highest BCUT2D eigenvalue weighted by molar-refractivity contribution is 14.1. The molecular weight excluding hydrogens is 499 g/mol. The summed E-state index contributed by atoms with van der Waals surface area (Å²) >= 11 is 3.72. The van der Waals surface area contributed by atoms with Crippen LogP contribution >= 0.6 is 33.9 Å². The molecule has 1 saturated heterocycles. The van der Waals surface area contributed by atoms with E-state index in [0.29, 0.717) is 23.2 Å². The van der Waals surface area contributed by atoms with Gasteiger partial charge in [0, 0.05) is 37.8 Å². The van der Waals surface area contributed by atoms with E-state index in [0.717, 1.165) is 45.3 Å². The second-order valence-electron chi connectivity index (χ2n) is 7.42. The van der Waals surface area contributed by atoms with E-state index < -0.39 is 0 Å². The summed E-state index contributed by atoms with van der Waals surface area (Å²) < 4.78 is 0.922. The van der Waals surface area contributed by atoms with Crippen LogP contribution in [0.3, 0.4) is 0 Å². The first-order chi connectivity index (χ1) is 14.1. The minimum Gasteiger partial charge on any atom is -0.356 e. The molecule has 0 N–H and O–H groups in total. The summed E-state index contributed by atoms with van der Waals surface area (Å²) in [6.45, 7) is 4.97. The molecule has 5 rings (SSSR count). The quantitative estimate of drug-likeness (QED) is 0.390. The number of aromatic nitrogens is 4. The maximum Gasteiger partial charge on any atom is 0.271 e. The first kappa shape index (κ1) is 18.9. The highest BCUT2D eigenvalue weighted by Gasteiger charge is 2.30. The number of carbonyl (C=O) groups excluding carboxylic acids is 1. The largest absolute Gasteiger partial charge is 0.356 e. The van der Waals surface area contributed by atoms with Gasteiger partial charge in [0.1, 0.15) is 31.5 Å². The molecule has 0 spiro atoms. The first-order valence-corrected chi connectivity index (χ1v) is 11.5. The molecule has 0 aromatic carbocycles. The highest BCUT2D eigenvalue weighted by atomic mass is 127. The lowest BCUT2D eigenvalue weighted by Gasteiger charge is -2.24. The molecule has 0 aliphatic carbocycles. The third-order valence-electron chi connectivity index (χ3n) is 5.36. The van der Waals surface area contributed by atoms with E-state index >= 15 is 0 Å². The van der Waals surface area contributed by atoms with Crippen LogP contribution < -0.4 is 9.80 Å². The average Bonchev–Trinajstić information content (AvgIpc) is 3.36. The van der Waals surface area contributed by atoms with Gasteiger partial charge in [-0.05, 0) is 53.1 Å². The SMILES string of the molecule is C[C@H]1CCN(c2ccc(-c3nc4c(s3)C(=O)N(c3ccncn3)CC4)c(I)n2)C1. The summed E-state index contributed by atoms with van der Waals surface area (Å²) in [4.78, 5) is 35.5. The van der Waals surface area contributed by atoms with Gasteiger partial charge in [0.25, 0.3) is 5.91 Å². The number of pyridine rings is 1. The zero-order valence-corrected chi connectivity index (χ0v) is 18.9. The van der Waals surface area contributed by atoms with Crippen LogP contribution in [0.5, 0.6) is 0 Å². The molecule has 2 aliphatic heterocycles. The smallest absolute Gasteiger partial charge is 0.271 e. The van der Waals surface area contributed by atoms with Crippen LogP contribution in [0.1, 0.15) is 28.7 Å². The van der Waals surface area contributed by atoms with Crippen LogP contribution in [0.4, 0.5) is 11.6 Å². The monoisotopic (exact) mass is 518 g/mol. The zero-order valence-electron chi connectivity index (χ0n) is 15.9. The minimum absolute atomic E-state index is 0.0423. The number of amides is 1. The summed E-state index contributed by atoms with van der Waals surface area (Å²) in [5, 5.41) is 0.853. The molecule has 7 nitrogen and oxygen atoms in total. The predicted octanol–water partition coefficient (Wildman–Crippen LogP) is 3.65. The molecule has 1 amide bonds. The lowest BCUT2D eigenvalue weighted by atomic mass is 10.1. The fourth-order valence-electron chi connectivity index (χ4n) is 3.81. The summed E-state index contributed by atoms with van der Waals surface area (Å²) in [6, 6.07) is 5.92. The molecule has 1 fully saturated rings. The fourth-order valence-corrected chi connectivity index (χ4v) is 5.76. The lowest BCUT2D eigenvalue weighted by molar-refractivity contribution is 0.0983. The Morgan fingerprint density at radius 2 is 2.07 bits per heavy atom. The first-order valence-electron chi connectivity index (χ1n) is 9.59. The van der Waals surface area contributed by atoms with E-state index in [-0.39, 0.29) is 5.91 Å². The van der Waals surface area contributed by atoms with Crippen LogP contribution in [0, 0.1) is 9.62 Å². The second kappa shape index (κ2) is 7.60. The number of hydrogen-bond acceptors (Lipinski definition) is 7. The van der Waals surface area contributed by atoms with Crippen molar-refractivity contribution in [1.82, 2.24) is 19.9 Å². The van der Waals surface area contributed by atoms with Gasteiger partial charge in [0.15, 0.2) is 0 Å². The van der Waals surface area contributed by atoms with Gasteiger partial charge in [0.05, 0.1) is 5.69 Å². The molecule has 0 unspecified atom stereocenters. The van der Waals surface area contributed by atoms with Crippen LogP contribution in [0.2, 0.25) is 0 Å². The Labute approximate surface area is 186 Å². The van der Waals surface area contributed by atoms with Crippen molar-refractivity contribution in [3.63, 3.8) is 0 Å². The molecule has 3 aromatic rings. The van der Waals surface area contributed by atoms with E-state index in [1.807, 2.05) is 0 Å². The second-order valence-corrected chi connectivity index (χ2v) is 9.44. The van der Waals surface area contributed by atoms with Crippen molar-refractivity contribution in [2.75, 3.05) is 29.4 Å². The fraction of sp³-hybridized carbons (Fsp3) is 0.350. The van der Waals surface area contributed by atoms with Crippen LogP contribution in [-0.4, -0.2) is 45.5 Å². The molecule has 9 heteroatoms. The Kier molecular flexibility index (Phi) is 4.94. The van der Waals surface area contributed by atoms with E-state index in [1.54, 1.807) is 17.2 Å². The normalized spacial score (nSPS) is 19.0. The minimum atomic E-state index is -0.0423. The molecule has 2 aliphatic rings. The number of nitrogens with zero attached hydrogens (tertiary/aromatic N) is 6. The Morgan fingerprint density at radius 3 is 2.79 bits per heavy atom. The Bertz CT molecular complexity index is 1070. The third kappa shape index (κ3) is 3.50. The van der Waals surface area contributed by atoms with Gasteiger partial charge in [-0.2, -0.15) is 0 Å². The number of hydrogen-bond donors (Lipinski definition) is 0. The van der Waals surface area contributed by atoms with E-state index in [1.165, 1.54) is 24.1 Å². The molecule has 0 radical (unpaired) electrons. The molecule has 3 aromatic heterocycles. The summed E-state index contributed by atoms with van der Waals surface area (Å²) in [5.41, 5.74) is 1.86. The third-order valence-corrected chi connectivity index (χ3v) is 7.31. The summed E-state index contributed by atoms with van der Waals surface area (Å²) in [5.74, 6) is 2.32. The summed E-state index contributed by atoms with van der Waals surface area (Å²) in [6.07, 6.45) is 5.05. The van der Waals surface area contributed by atoms with Crippen molar-refractivity contribution in [3.8, 4) is 10.6 Å². The van der Waals surface area contributed by atoms with Crippen molar-refractivity contribution < 1.29 is 4.79 Å². The molecule has 0 saturated carbocycles. The number of halogens is 1. The lowest BCUT2D eigenvalue weighted by Crippen LogP contribution is -2.37. The van der Waals surface area contributed by atoms with E-state index in [2.05, 4.69) is 56.5 Å². The standard InChI is InChI=1S/C20H19IN6OS/c1-12-5-8-26(10-12)16-3-2-13(18(21)25-16)19-24-14-6-9-27(20(28)17(14)29-19)15-4-7-22-11-23-15/h2-4,7,11-12H,5-6,8-10H2,1H3/t12-/m0/s1. The number of fused-ring (bicyclic) bond motifs is 1. The predicted molar refractivity (Wildman–Crippen MR) is 121 cm³/mol. The van der Waals surface area contributed by atoms with Gasteiger partial charge in [-0.3, -0.25) is 9.69 Å². The maximum atomic E-state index is 13.0. The van der Waals surface area contributed by atoms with E-state index in [4.69, 9.17) is 9.97 Å². The van der Waals surface area contributed by atoms with Crippen LogP contribution in [-0.2, 0) is 6.42 Å². The maximum absolute atomic E-state index is 13.0. The molecular formula is C20H19IN6OS. The topological polar surface area (TPSA) is 75.1 Å². The Balaban J connectivity index is 1.43. The van der Waals surface area contributed by atoms with Gasteiger partial charge in [-0.1, -0.05) is 6.92 Å². The van der Waals surface area contributed by atoms with Crippen molar-refractivity contribution in [2.45, 2.75) is 19.8 Å². The molecule has 148 valence electrons. The highest BCUT2D eigenvalue weighted by Crippen LogP contribution is 2.35. The van der Waals surface area contributed by atoms with Crippen molar-refractivity contribution in [3.05, 3.63) is 45.0 Å². The van der Waals surface area contributed by atoms with Crippen LogP contribution in [0.15, 0.2) is 30.7 Å². The van der Waals surface area contributed by atoms with Crippen molar-refractivity contribution in [2.24, 2.45) is 5.92 Å². The van der Waals surface area contributed by atoms with Gasteiger partial charge < -0.3 is 4.90 Å². The molecule has 29 heavy (non-hydrogen) atoms. The molecule has 5 heterocycles. The molecule has 1 atom stereocenters. The van der Waals surface area contributed by atoms with Crippen molar-refractivity contribution >= 4 is 51.5 Å². The van der Waals surface area contributed by atoms with Gasteiger partial charge in [-0.25, -0.2) is 19.9 Å². The van der Waals surface area contributed by atoms with Gasteiger partial charge in [-0.15, -0.1) is 11.3 Å².